The van der Waals surface area contributed by atoms with Crippen LogP contribution in [0.5, 0.6) is 0 Å². The van der Waals surface area contributed by atoms with Crippen LogP contribution in [0, 0.1) is 71.0 Å². The number of hydrogen-bond acceptors (Lipinski definition) is 0. The number of benzene rings is 6. The highest BCUT2D eigenvalue weighted by Gasteiger charge is 1.93. The molecule has 0 saturated carbocycles. The summed E-state index contributed by atoms with van der Waals surface area (Å²) in [4.78, 5) is 0. The molecule has 0 radical (unpaired) electrons. The molecule has 0 nitrogen and oxygen atoms in total. The average Bonchev–Trinajstić information content (AvgIpc) is 3.16. The summed E-state index contributed by atoms with van der Waals surface area (Å²) in [6.07, 6.45) is 0. The zero-order valence-corrected chi connectivity index (χ0v) is 26.0. The molecular formula is C48H26. The van der Waals surface area contributed by atoms with E-state index in [2.05, 4.69) is 71.0 Å². The van der Waals surface area contributed by atoms with E-state index in [4.69, 9.17) is 0 Å². The Kier molecular flexibility index (Phi) is 10.3. The third-order valence-electron chi connectivity index (χ3n) is 6.97. The van der Waals surface area contributed by atoms with Crippen LogP contribution in [0.1, 0.15) is 55.6 Å². The summed E-state index contributed by atoms with van der Waals surface area (Å²) in [5.41, 5.74) is 9.42. The largest absolute Gasteiger partial charge is 0.0622 e. The van der Waals surface area contributed by atoms with Gasteiger partial charge in [-0.1, -0.05) is 95.6 Å². The second kappa shape index (κ2) is 16.1. The van der Waals surface area contributed by atoms with E-state index in [9.17, 15) is 0 Å². The predicted octanol–water partition coefficient (Wildman–Crippen LogP) is 8.69. The van der Waals surface area contributed by atoms with Crippen molar-refractivity contribution in [3.63, 3.8) is 0 Å². The highest BCUT2D eigenvalue weighted by atomic mass is 14.0. The first-order chi connectivity index (χ1) is 23.7. The molecule has 6 rings (SSSR count). The molecule has 0 saturated heterocycles. The van der Waals surface area contributed by atoms with Crippen LogP contribution in [0.15, 0.2) is 158 Å². The highest BCUT2D eigenvalue weighted by molar-refractivity contribution is 5.52. The van der Waals surface area contributed by atoms with E-state index in [0.717, 1.165) is 55.6 Å². The third-order valence-corrected chi connectivity index (χ3v) is 6.97. The Labute approximate surface area is 283 Å². The van der Waals surface area contributed by atoms with Crippen molar-refractivity contribution >= 4 is 0 Å². The Hall–Kier alpha value is -7.32. The molecule has 0 bridgehead atoms. The van der Waals surface area contributed by atoms with Crippen LogP contribution in [-0.4, -0.2) is 0 Å². The lowest BCUT2D eigenvalue weighted by atomic mass is 10.1. The van der Waals surface area contributed by atoms with Gasteiger partial charge in [-0.2, -0.15) is 0 Å². The van der Waals surface area contributed by atoms with Crippen LogP contribution < -0.4 is 0 Å². The van der Waals surface area contributed by atoms with Crippen molar-refractivity contribution in [1.29, 1.82) is 0 Å². The van der Waals surface area contributed by atoms with Crippen LogP contribution >= 0.6 is 0 Å². The van der Waals surface area contributed by atoms with Gasteiger partial charge in [0.25, 0.3) is 0 Å². The molecule has 0 unspecified atom stereocenters. The maximum absolute atomic E-state index is 3.21. The SMILES string of the molecule is C(C#Cc1ccc(C#Cc2ccc(C#Cc3ccccc3)cc2)cc1)#Cc1ccc(C#Cc2ccc(C#Cc3ccccc3)cc2)cc1. The Morgan fingerprint density at radius 2 is 0.333 bits per heavy atom. The van der Waals surface area contributed by atoms with Gasteiger partial charge in [-0.05, 0) is 133 Å². The molecule has 6 aromatic rings. The van der Waals surface area contributed by atoms with Gasteiger partial charge >= 0.3 is 0 Å². The lowest BCUT2D eigenvalue weighted by molar-refractivity contribution is 1.58. The monoisotopic (exact) mass is 602 g/mol. The first-order valence-electron chi connectivity index (χ1n) is 15.4. The van der Waals surface area contributed by atoms with E-state index in [-0.39, 0.29) is 0 Å². The molecular weight excluding hydrogens is 577 g/mol. The molecule has 0 heterocycles. The lowest BCUT2D eigenvalue weighted by Crippen LogP contribution is -1.80. The van der Waals surface area contributed by atoms with Crippen molar-refractivity contribution in [2.75, 3.05) is 0 Å². The van der Waals surface area contributed by atoms with Crippen LogP contribution in [0.25, 0.3) is 0 Å². The van der Waals surface area contributed by atoms with E-state index in [1.165, 1.54) is 0 Å². The van der Waals surface area contributed by atoms with Crippen molar-refractivity contribution in [1.82, 2.24) is 0 Å². The summed E-state index contributed by atoms with van der Waals surface area (Å²) in [5, 5.41) is 0. The maximum Gasteiger partial charge on any atom is 0.0256 e. The normalized spacial score (nSPS) is 9.08. The minimum atomic E-state index is 0.887. The van der Waals surface area contributed by atoms with E-state index in [1.807, 2.05) is 158 Å². The summed E-state index contributed by atoms with van der Waals surface area (Å²) < 4.78 is 0. The average molecular weight is 603 g/mol. The van der Waals surface area contributed by atoms with Crippen LogP contribution in [0.4, 0.5) is 0 Å². The molecule has 48 heavy (non-hydrogen) atoms. The zero-order valence-electron chi connectivity index (χ0n) is 26.0. The second-order valence-electron chi connectivity index (χ2n) is 10.5. The van der Waals surface area contributed by atoms with Gasteiger partial charge in [-0.3, -0.25) is 0 Å². The fourth-order valence-electron chi connectivity index (χ4n) is 4.37. The molecule has 0 heteroatoms. The van der Waals surface area contributed by atoms with Gasteiger partial charge in [0.05, 0.1) is 0 Å². The summed E-state index contributed by atoms with van der Waals surface area (Å²) >= 11 is 0. The van der Waals surface area contributed by atoms with Crippen molar-refractivity contribution in [3.05, 3.63) is 213 Å². The molecule has 0 atom stereocenters. The summed E-state index contributed by atoms with van der Waals surface area (Å²) in [6.45, 7) is 0. The quantitative estimate of drug-likeness (QED) is 0.153. The van der Waals surface area contributed by atoms with Crippen LogP contribution in [0.3, 0.4) is 0 Å². The highest BCUT2D eigenvalue weighted by Crippen LogP contribution is 2.07. The molecule has 6 aromatic carbocycles. The van der Waals surface area contributed by atoms with Gasteiger partial charge in [0.1, 0.15) is 0 Å². The minimum Gasteiger partial charge on any atom is -0.0622 e. The third kappa shape index (κ3) is 9.59. The molecule has 0 fully saturated rings. The smallest absolute Gasteiger partial charge is 0.0256 e. The van der Waals surface area contributed by atoms with Crippen molar-refractivity contribution in [2.24, 2.45) is 0 Å². The fraction of sp³-hybridized carbons (Fsp3) is 0. The van der Waals surface area contributed by atoms with E-state index in [0.29, 0.717) is 0 Å². The Morgan fingerprint density at radius 1 is 0.167 bits per heavy atom. The summed E-state index contributed by atoms with van der Waals surface area (Å²) in [5.74, 6) is 37.7. The van der Waals surface area contributed by atoms with E-state index < -0.39 is 0 Å². The lowest BCUT2D eigenvalue weighted by Gasteiger charge is -1.94. The van der Waals surface area contributed by atoms with Gasteiger partial charge in [0, 0.05) is 55.6 Å². The molecule has 0 spiro atoms. The standard InChI is InChI=1S/C48H26/c1-3-9-39(10-4-1)15-21-43-27-33-47(34-28-43)37-31-45-23-17-41(18-24-45)13-7-8-14-42-19-25-46(26-20-42)32-38-48-35-29-44(30-36-48)22-16-40-11-5-2-6-12-40/h1-6,9-12,17-20,23-30,33-36H. The molecule has 0 aliphatic rings. The molecule has 0 amide bonds. The first-order valence-corrected chi connectivity index (χ1v) is 15.4. The topological polar surface area (TPSA) is 0 Å². The van der Waals surface area contributed by atoms with Gasteiger partial charge in [0.2, 0.25) is 0 Å². The minimum absolute atomic E-state index is 0.887. The van der Waals surface area contributed by atoms with Crippen molar-refractivity contribution in [3.8, 4) is 71.0 Å². The molecule has 0 aliphatic carbocycles. The number of hydrogen-bond donors (Lipinski definition) is 0. The van der Waals surface area contributed by atoms with Gasteiger partial charge in [-0.15, -0.1) is 0 Å². The predicted molar refractivity (Wildman–Crippen MR) is 196 cm³/mol. The maximum atomic E-state index is 3.21. The Balaban J connectivity index is 0.998. The Bertz CT molecular complexity index is 2220. The molecule has 0 aliphatic heterocycles. The van der Waals surface area contributed by atoms with Crippen LogP contribution in [-0.2, 0) is 0 Å². The Morgan fingerprint density at radius 3 is 0.542 bits per heavy atom. The zero-order chi connectivity index (χ0) is 32.6. The van der Waals surface area contributed by atoms with Crippen LogP contribution in [0.2, 0.25) is 0 Å². The fourth-order valence-corrected chi connectivity index (χ4v) is 4.37. The molecule has 0 aromatic heterocycles. The molecule has 218 valence electrons. The van der Waals surface area contributed by atoms with E-state index in [1.54, 1.807) is 0 Å². The van der Waals surface area contributed by atoms with Crippen molar-refractivity contribution < 1.29 is 0 Å². The second-order valence-corrected chi connectivity index (χ2v) is 10.5. The molecule has 0 N–H and O–H groups in total. The first kappa shape index (κ1) is 30.7. The van der Waals surface area contributed by atoms with Crippen molar-refractivity contribution in [2.45, 2.75) is 0 Å². The van der Waals surface area contributed by atoms with Gasteiger partial charge in [0.15, 0.2) is 0 Å². The summed E-state index contributed by atoms with van der Waals surface area (Å²) in [7, 11) is 0. The van der Waals surface area contributed by atoms with Gasteiger partial charge in [-0.25, -0.2) is 0 Å². The number of rotatable bonds is 0. The van der Waals surface area contributed by atoms with Gasteiger partial charge < -0.3 is 0 Å². The van der Waals surface area contributed by atoms with E-state index >= 15 is 0 Å². The summed E-state index contributed by atoms with van der Waals surface area (Å²) in [6, 6.07) is 51.6.